The molecule has 0 aliphatic heterocycles. The molecule has 2 N–H and O–H groups in total. The molecule has 0 unspecified atom stereocenters. The fourth-order valence-corrected chi connectivity index (χ4v) is 1.51. The molecule has 0 radical (unpaired) electrons. The van der Waals surface area contributed by atoms with Gasteiger partial charge in [-0.05, 0) is 49.2 Å². The van der Waals surface area contributed by atoms with Gasteiger partial charge < -0.3 is 0 Å². The lowest BCUT2D eigenvalue weighted by atomic mass is 10.1. The van der Waals surface area contributed by atoms with Crippen LogP contribution in [-0.2, 0) is 0 Å². The number of pyridine rings is 1. The first kappa shape index (κ1) is 12.1. The Morgan fingerprint density at radius 1 is 1.11 bits per heavy atom. The topological polar surface area (TPSA) is 54.0 Å². The van der Waals surface area contributed by atoms with Gasteiger partial charge in [0.1, 0.15) is 5.69 Å². The highest BCUT2D eigenvalue weighted by Gasteiger charge is 2.05. The van der Waals surface area contributed by atoms with E-state index < -0.39 is 0 Å². The minimum Gasteiger partial charge on any atom is -0.298 e. The predicted molar refractivity (Wildman–Crippen MR) is 71.2 cm³/mol. The molecule has 2 aromatic rings. The Labute approximate surface area is 106 Å². The van der Waals surface area contributed by atoms with Crippen LogP contribution in [0.2, 0.25) is 0 Å². The third kappa shape index (κ3) is 2.85. The average molecular weight is 241 g/mol. The summed E-state index contributed by atoms with van der Waals surface area (Å²) in [5, 5.41) is 0. The number of benzene rings is 1. The van der Waals surface area contributed by atoms with Crippen molar-refractivity contribution in [1.29, 1.82) is 0 Å². The SMILES string of the molecule is Cc1ccc(NNC(=O)c2ccccn2)cc1C. The van der Waals surface area contributed by atoms with Gasteiger partial charge in [-0.3, -0.25) is 20.6 Å². The number of hydrogen-bond acceptors (Lipinski definition) is 3. The van der Waals surface area contributed by atoms with Gasteiger partial charge in [0.15, 0.2) is 0 Å². The van der Waals surface area contributed by atoms with Crippen LogP contribution >= 0.6 is 0 Å². The molecule has 2 rings (SSSR count). The first-order chi connectivity index (χ1) is 8.66. The van der Waals surface area contributed by atoms with E-state index in [1.165, 1.54) is 11.1 Å². The number of hydrogen-bond donors (Lipinski definition) is 2. The minimum absolute atomic E-state index is 0.256. The van der Waals surface area contributed by atoms with Crippen molar-refractivity contribution in [2.75, 3.05) is 5.43 Å². The Bertz CT molecular complexity index is 552. The monoisotopic (exact) mass is 241 g/mol. The summed E-state index contributed by atoms with van der Waals surface area (Å²) in [5.74, 6) is -0.256. The first-order valence-electron chi connectivity index (χ1n) is 5.71. The maximum Gasteiger partial charge on any atom is 0.288 e. The van der Waals surface area contributed by atoms with E-state index in [9.17, 15) is 4.79 Å². The second-order valence-corrected chi connectivity index (χ2v) is 4.09. The van der Waals surface area contributed by atoms with Gasteiger partial charge in [-0.15, -0.1) is 0 Å². The van der Waals surface area contributed by atoms with Crippen molar-refractivity contribution < 1.29 is 4.79 Å². The lowest BCUT2D eigenvalue weighted by molar-refractivity contribution is 0.0958. The number of carbonyl (C=O) groups is 1. The molecule has 1 heterocycles. The molecule has 4 heteroatoms. The molecule has 0 aliphatic carbocycles. The molecule has 0 saturated carbocycles. The number of nitrogens with zero attached hydrogens (tertiary/aromatic N) is 1. The Morgan fingerprint density at radius 2 is 1.94 bits per heavy atom. The van der Waals surface area contributed by atoms with Crippen molar-refractivity contribution in [2.45, 2.75) is 13.8 Å². The Kier molecular flexibility index (Phi) is 3.57. The molecule has 0 bridgehead atoms. The summed E-state index contributed by atoms with van der Waals surface area (Å²) in [6.07, 6.45) is 1.59. The summed E-state index contributed by atoms with van der Waals surface area (Å²) in [6, 6.07) is 11.1. The maximum atomic E-state index is 11.7. The third-order valence-electron chi connectivity index (χ3n) is 2.72. The lowest BCUT2D eigenvalue weighted by Crippen LogP contribution is -2.29. The number of rotatable bonds is 3. The largest absolute Gasteiger partial charge is 0.298 e. The van der Waals surface area contributed by atoms with Gasteiger partial charge in [0.05, 0.1) is 5.69 Å². The normalized spacial score (nSPS) is 9.89. The standard InChI is InChI=1S/C14H15N3O/c1-10-6-7-12(9-11(10)2)16-17-14(18)13-5-3-4-8-15-13/h3-9,16H,1-2H3,(H,17,18). The summed E-state index contributed by atoms with van der Waals surface area (Å²) in [6.45, 7) is 4.08. The van der Waals surface area contributed by atoms with E-state index in [-0.39, 0.29) is 5.91 Å². The molecule has 1 amide bonds. The highest BCUT2D eigenvalue weighted by Crippen LogP contribution is 2.13. The van der Waals surface area contributed by atoms with Crippen LogP contribution in [-0.4, -0.2) is 10.9 Å². The molecule has 0 saturated heterocycles. The van der Waals surface area contributed by atoms with Crippen molar-refractivity contribution in [3.05, 3.63) is 59.4 Å². The maximum absolute atomic E-state index is 11.7. The van der Waals surface area contributed by atoms with Crippen molar-refractivity contribution >= 4 is 11.6 Å². The Morgan fingerprint density at radius 3 is 2.61 bits per heavy atom. The summed E-state index contributed by atoms with van der Waals surface area (Å²) in [4.78, 5) is 15.7. The van der Waals surface area contributed by atoms with Crippen LogP contribution in [0.4, 0.5) is 5.69 Å². The fraction of sp³-hybridized carbons (Fsp3) is 0.143. The Hall–Kier alpha value is -2.36. The molecule has 0 fully saturated rings. The smallest absolute Gasteiger partial charge is 0.288 e. The zero-order valence-electron chi connectivity index (χ0n) is 10.4. The van der Waals surface area contributed by atoms with Gasteiger partial charge in [-0.25, -0.2) is 0 Å². The Balaban J connectivity index is 1.99. The molecule has 0 spiro atoms. The van der Waals surface area contributed by atoms with E-state index in [4.69, 9.17) is 0 Å². The zero-order valence-corrected chi connectivity index (χ0v) is 10.4. The molecular formula is C14H15N3O. The number of nitrogens with one attached hydrogen (secondary N) is 2. The highest BCUT2D eigenvalue weighted by molar-refractivity contribution is 5.92. The van der Waals surface area contributed by atoms with Crippen LogP contribution in [0.1, 0.15) is 21.6 Å². The van der Waals surface area contributed by atoms with Crippen molar-refractivity contribution in [3.63, 3.8) is 0 Å². The molecule has 18 heavy (non-hydrogen) atoms. The van der Waals surface area contributed by atoms with Crippen molar-refractivity contribution in [3.8, 4) is 0 Å². The highest BCUT2D eigenvalue weighted by atomic mass is 16.2. The van der Waals surface area contributed by atoms with E-state index in [0.717, 1.165) is 5.69 Å². The average Bonchev–Trinajstić information content (AvgIpc) is 2.41. The number of carbonyl (C=O) groups excluding carboxylic acids is 1. The van der Waals surface area contributed by atoms with E-state index >= 15 is 0 Å². The summed E-state index contributed by atoms with van der Waals surface area (Å²) in [7, 11) is 0. The van der Waals surface area contributed by atoms with Gasteiger partial charge in [-0.2, -0.15) is 0 Å². The number of amides is 1. The van der Waals surface area contributed by atoms with Gasteiger partial charge in [0, 0.05) is 6.20 Å². The first-order valence-corrected chi connectivity index (χ1v) is 5.71. The third-order valence-corrected chi connectivity index (χ3v) is 2.72. The molecule has 0 aliphatic rings. The summed E-state index contributed by atoms with van der Waals surface area (Å²) in [5.41, 5.74) is 9.11. The van der Waals surface area contributed by atoms with Crippen LogP contribution in [0.3, 0.4) is 0 Å². The number of aryl methyl sites for hydroxylation is 2. The van der Waals surface area contributed by atoms with Crippen LogP contribution < -0.4 is 10.9 Å². The molecular weight excluding hydrogens is 226 g/mol. The van der Waals surface area contributed by atoms with Crippen LogP contribution in [0, 0.1) is 13.8 Å². The molecule has 0 atom stereocenters. The second kappa shape index (κ2) is 5.31. The minimum atomic E-state index is -0.256. The number of aromatic nitrogens is 1. The molecule has 4 nitrogen and oxygen atoms in total. The quantitative estimate of drug-likeness (QED) is 0.812. The summed E-state index contributed by atoms with van der Waals surface area (Å²) >= 11 is 0. The van der Waals surface area contributed by atoms with Crippen molar-refractivity contribution in [2.24, 2.45) is 0 Å². The molecule has 1 aromatic heterocycles. The van der Waals surface area contributed by atoms with E-state index in [0.29, 0.717) is 5.69 Å². The fourth-order valence-electron chi connectivity index (χ4n) is 1.51. The van der Waals surface area contributed by atoms with E-state index in [1.54, 1.807) is 24.4 Å². The van der Waals surface area contributed by atoms with Crippen LogP contribution in [0.15, 0.2) is 42.6 Å². The molecule has 1 aromatic carbocycles. The van der Waals surface area contributed by atoms with Crippen LogP contribution in [0.25, 0.3) is 0 Å². The van der Waals surface area contributed by atoms with Gasteiger partial charge >= 0.3 is 0 Å². The van der Waals surface area contributed by atoms with Crippen LogP contribution in [0.5, 0.6) is 0 Å². The zero-order chi connectivity index (χ0) is 13.0. The van der Waals surface area contributed by atoms with Gasteiger partial charge in [0.2, 0.25) is 0 Å². The van der Waals surface area contributed by atoms with Crippen molar-refractivity contribution in [1.82, 2.24) is 10.4 Å². The molecule has 92 valence electrons. The lowest BCUT2D eigenvalue weighted by Gasteiger charge is -2.09. The second-order valence-electron chi connectivity index (χ2n) is 4.09. The van der Waals surface area contributed by atoms with Gasteiger partial charge in [-0.1, -0.05) is 12.1 Å². The predicted octanol–water partition coefficient (Wildman–Crippen LogP) is 2.46. The van der Waals surface area contributed by atoms with Gasteiger partial charge in [0.25, 0.3) is 5.91 Å². The number of hydrazine groups is 1. The number of anilines is 1. The summed E-state index contributed by atoms with van der Waals surface area (Å²) < 4.78 is 0. The van der Waals surface area contributed by atoms with E-state index in [2.05, 4.69) is 15.8 Å². The van der Waals surface area contributed by atoms with E-state index in [1.807, 2.05) is 32.0 Å².